The molecule has 2 aliphatic heterocycles. The summed E-state index contributed by atoms with van der Waals surface area (Å²) in [6.45, 7) is 9.45. The molecule has 0 saturated carbocycles. The zero-order chi connectivity index (χ0) is 21.4. The Kier molecular flexibility index (Phi) is 5.57. The fourth-order valence-corrected chi connectivity index (χ4v) is 5.87. The monoisotopic (exact) mass is 434 g/mol. The van der Waals surface area contributed by atoms with E-state index < -0.39 is 0 Å². The number of piperidine rings is 1. The van der Waals surface area contributed by atoms with Crippen molar-refractivity contribution in [2.45, 2.75) is 26.7 Å². The fraction of sp³-hybridized carbons (Fsp3) is 0.440. The van der Waals surface area contributed by atoms with E-state index >= 15 is 0 Å². The number of carbonyl (C=O) groups excluding carboxylic acids is 1. The standard InChI is InChI=1S/C25H30N4OS/c1-18-5-3-7-21(15-18)27-11-13-28(14-12-27)24(30)20-6-4-10-29(17-20)25-26-22-9-8-19(2)16-23(22)31-25/h3,5,7-9,15-16,20H,4,6,10-14,17H2,1-2H3. The lowest BCUT2D eigenvalue weighted by molar-refractivity contribution is -0.136. The van der Waals surface area contributed by atoms with Crippen molar-refractivity contribution in [1.29, 1.82) is 0 Å². The normalized spacial score (nSPS) is 19.8. The van der Waals surface area contributed by atoms with Crippen LogP contribution in [0.1, 0.15) is 24.0 Å². The summed E-state index contributed by atoms with van der Waals surface area (Å²) in [4.78, 5) is 25.0. The minimum Gasteiger partial charge on any atom is -0.368 e. The summed E-state index contributed by atoms with van der Waals surface area (Å²) in [7, 11) is 0. The number of hydrogen-bond acceptors (Lipinski definition) is 5. The molecule has 5 rings (SSSR count). The number of aromatic nitrogens is 1. The molecular weight excluding hydrogens is 404 g/mol. The summed E-state index contributed by atoms with van der Waals surface area (Å²) >= 11 is 1.75. The van der Waals surface area contributed by atoms with E-state index in [1.165, 1.54) is 21.5 Å². The highest BCUT2D eigenvalue weighted by molar-refractivity contribution is 7.22. The lowest BCUT2D eigenvalue weighted by Crippen LogP contribution is -2.52. The Balaban J connectivity index is 1.22. The summed E-state index contributed by atoms with van der Waals surface area (Å²) < 4.78 is 1.23. The van der Waals surface area contributed by atoms with Crippen molar-refractivity contribution in [2.75, 3.05) is 49.1 Å². The van der Waals surface area contributed by atoms with Crippen LogP contribution in [-0.2, 0) is 4.79 Å². The minimum absolute atomic E-state index is 0.0769. The van der Waals surface area contributed by atoms with Crippen LogP contribution in [0.25, 0.3) is 10.2 Å². The molecule has 3 aromatic rings. The van der Waals surface area contributed by atoms with Crippen molar-refractivity contribution in [2.24, 2.45) is 5.92 Å². The highest BCUT2D eigenvalue weighted by Gasteiger charge is 2.32. The van der Waals surface area contributed by atoms with E-state index in [2.05, 4.69) is 71.0 Å². The van der Waals surface area contributed by atoms with Crippen LogP contribution < -0.4 is 9.80 Å². The average Bonchev–Trinajstić information content (AvgIpc) is 3.22. The molecule has 6 heteroatoms. The molecule has 162 valence electrons. The topological polar surface area (TPSA) is 39.7 Å². The molecule has 2 saturated heterocycles. The van der Waals surface area contributed by atoms with Gasteiger partial charge in [0, 0.05) is 45.0 Å². The van der Waals surface area contributed by atoms with E-state index in [-0.39, 0.29) is 5.92 Å². The van der Waals surface area contributed by atoms with Crippen LogP contribution in [0.4, 0.5) is 10.8 Å². The van der Waals surface area contributed by atoms with Crippen LogP contribution in [-0.4, -0.2) is 55.1 Å². The number of carbonyl (C=O) groups is 1. The zero-order valence-electron chi connectivity index (χ0n) is 18.4. The number of piperazine rings is 1. The van der Waals surface area contributed by atoms with Gasteiger partial charge in [0.05, 0.1) is 16.1 Å². The highest BCUT2D eigenvalue weighted by atomic mass is 32.1. The Labute approximate surface area is 188 Å². The second-order valence-corrected chi connectivity index (χ2v) is 9.91. The predicted molar refractivity (Wildman–Crippen MR) is 129 cm³/mol. The maximum atomic E-state index is 13.3. The van der Waals surface area contributed by atoms with Gasteiger partial charge in [-0.05, 0) is 62.1 Å². The number of nitrogens with zero attached hydrogens (tertiary/aromatic N) is 4. The van der Waals surface area contributed by atoms with Crippen molar-refractivity contribution >= 4 is 38.3 Å². The van der Waals surface area contributed by atoms with E-state index in [4.69, 9.17) is 4.98 Å². The van der Waals surface area contributed by atoms with Gasteiger partial charge in [-0.3, -0.25) is 4.79 Å². The number of hydrogen-bond donors (Lipinski definition) is 0. The number of fused-ring (bicyclic) bond motifs is 1. The van der Waals surface area contributed by atoms with E-state index in [1.807, 2.05) is 0 Å². The van der Waals surface area contributed by atoms with Gasteiger partial charge >= 0.3 is 0 Å². The van der Waals surface area contributed by atoms with Crippen molar-refractivity contribution in [3.05, 3.63) is 53.6 Å². The molecule has 0 bridgehead atoms. The Hall–Kier alpha value is -2.60. The smallest absolute Gasteiger partial charge is 0.227 e. The molecular formula is C25H30N4OS. The molecule has 0 radical (unpaired) electrons. The van der Waals surface area contributed by atoms with Gasteiger partial charge < -0.3 is 14.7 Å². The first-order valence-corrected chi connectivity index (χ1v) is 12.1. The Bertz CT molecular complexity index is 1090. The summed E-state index contributed by atoms with van der Waals surface area (Å²) in [6, 6.07) is 15.1. The van der Waals surface area contributed by atoms with Gasteiger partial charge in [0.1, 0.15) is 0 Å². The molecule has 1 unspecified atom stereocenters. The van der Waals surface area contributed by atoms with Crippen molar-refractivity contribution < 1.29 is 4.79 Å². The van der Waals surface area contributed by atoms with Crippen molar-refractivity contribution in [3.63, 3.8) is 0 Å². The molecule has 0 spiro atoms. The molecule has 0 aliphatic carbocycles. The van der Waals surface area contributed by atoms with Crippen LogP contribution in [0.5, 0.6) is 0 Å². The molecule has 31 heavy (non-hydrogen) atoms. The van der Waals surface area contributed by atoms with Gasteiger partial charge in [-0.1, -0.05) is 29.5 Å². The number of anilines is 2. The van der Waals surface area contributed by atoms with Gasteiger partial charge in [0.25, 0.3) is 0 Å². The van der Waals surface area contributed by atoms with Crippen LogP contribution in [0, 0.1) is 19.8 Å². The summed E-state index contributed by atoms with van der Waals surface area (Å²) in [5, 5.41) is 1.06. The number of amides is 1. The first-order chi connectivity index (χ1) is 15.1. The molecule has 3 heterocycles. The average molecular weight is 435 g/mol. The fourth-order valence-electron chi connectivity index (χ4n) is 4.78. The molecule has 0 N–H and O–H groups in total. The number of aryl methyl sites for hydroxylation is 2. The van der Waals surface area contributed by atoms with E-state index in [0.717, 1.165) is 62.8 Å². The highest BCUT2D eigenvalue weighted by Crippen LogP contribution is 2.32. The minimum atomic E-state index is 0.0769. The Morgan fingerprint density at radius 3 is 2.58 bits per heavy atom. The summed E-state index contributed by atoms with van der Waals surface area (Å²) in [5.41, 5.74) is 4.87. The first kappa shape index (κ1) is 20.3. The van der Waals surface area contributed by atoms with Gasteiger partial charge in [-0.2, -0.15) is 0 Å². The molecule has 2 aromatic carbocycles. The molecule has 2 fully saturated rings. The maximum absolute atomic E-state index is 13.3. The quantitative estimate of drug-likeness (QED) is 0.609. The van der Waals surface area contributed by atoms with Gasteiger partial charge in [-0.25, -0.2) is 4.98 Å². The van der Waals surface area contributed by atoms with Crippen LogP contribution in [0.3, 0.4) is 0 Å². The number of thiazole rings is 1. The Morgan fingerprint density at radius 1 is 0.968 bits per heavy atom. The molecule has 2 aliphatic rings. The molecule has 1 amide bonds. The van der Waals surface area contributed by atoms with E-state index in [9.17, 15) is 4.79 Å². The largest absolute Gasteiger partial charge is 0.368 e. The third kappa shape index (κ3) is 4.26. The number of rotatable bonds is 3. The van der Waals surface area contributed by atoms with Gasteiger partial charge in [0.15, 0.2) is 5.13 Å². The van der Waals surface area contributed by atoms with Crippen LogP contribution in [0.2, 0.25) is 0 Å². The van der Waals surface area contributed by atoms with Gasteiger partial charge in [-0.15, -0.1) is 0 Å². The molecule has 1 atom stereocenters. The second-order valence-electron chi connectivity index (χ2n) is 8.90. The lowest BCUT2D eigenvalue weighted by Gasteiger charge is -2.39. The third-order valence-electron chi connectivity index (χ3n) is 6.53. The predicted octanol–water partition coefficient (Wildman–Crippen LogP) is 4.48. The van der Waals surface area contributed by atoms with Crippen molar-refractivity contribution in [3.8, 4) is 0 Å². The van der Waals surface area contributed by atoms with E-state index in [1.54, 1.807) is 11.3 Å². The molecule has 1 aromatic heterocycles. The summed E-state index contributed by atoms with van der Waals surface area (Å²) in [6.07, 6.45) is 2.03. The third-order valence-corrected chi connectivity index (χ3v) is 7.61. The van der Waals surface area contributed by atoms with Gasteiger partial charge in [0.2, 0.25) is 5.91 Å². The summed E-state index contributed by atoms with van der Waals surface area (Å²) in [5.74, 6) is 0.401. The number of benzene rings is 2. The maximum Gasteiger partial charge on any atom is 0.227 e. The molecule has 5 nitrogen and oxygen atoms in total. The lowest BCUT2D eigenvalue weighted by atomic mass is 9.96. The second kappa shape index (κ2) is 8.50. The SMILES string of the molecule is Cc1cccc(N2CCN(C(=O)C3CCCN(c4nc5ccc(C)cc5s4)C3)CC2)c1. The Morgan fingerprint density at radius 2 is 1.77 bits per heavy atom. The van der Waals surface area contributed by atoms with Crippen LogP contribution in [0.15, 0.2) is 42.5 Å². The van der Waals surface area contributed by atoms with E-state index in [0.29, 0.717) is 5.91 Å². The first-order valence-electron chi connectivity index (χ1n) is 11.3. The van der Waals surface area contributed by atoms with Crippen LogP contribution >= 0.6 is 11.3 Å². The van der Waals surface area contributed by atoms with Crippen molar-refractivity contribution in [1.82, 2.24) is 9.88 Å². The zero-order valence-corrected chi connectivity index (χ0v) is 19.2.